The van der Waals surface area contributed by atoms with Gasteiger partial charge in [0.25, 0.3) is 0 Å². The second kappa shape index (κ2) is 17.0. The van der Waals surface area contributed by atoms with Crippen LogP contribution in [0.4, 0.5) is 27.8 Å². The van der Waals surface area contributed by atoms with Crippen LogP contribution in [0.25, 0.3) is 0 Å². The molecule has 0 fully saturated rings. The predicted molar refractivity (Wildman–Crippen MR) is 197 cm³/mol. The largest absolute Gasteiger partial charge is 0.302 e. The van der Waals surface area contributed by atoms with Gasteiger partial charge >= 0.3 is 0 Å². The molecule has 0 unspecified atom stereocenters. The van der Waals surface area contributed by atoms with Crippen molar-refractivity contribution in [2.75, 3.05) is 9.91 Å². The molecule has 4 aromatic carbocycles. The van der Waals surface area contributed by atoms with Crippen LogP contribution >= 0.6 is 11.3 Å². The van der Waals surface area contributed by atoms with E-state index in [1.54, 1.807) is 11.3 Å². The first-order chi connectivity index (χ1) is 23.0. The summed E-state index contributed by atoms with van der Waals surface area (Å²) in [7, 11) is 0. The lowest BCUT2D eigenvalue weighted by molar-refractivity contribution is -0.115. The smallest absolute Gasteiger partial charge is 0.155 e. The maximum Gasteiger partial charge on any atom is 0.155 e. The fourth-order valence-corrected chi connectivity index (χ4v) is 6.37. The molecule has 0 amide bonds. The van der Waals surface area contributed by atoms with E-state index in [9.17, 15) is 9.59 Å². The summed E-state index contributed by atoms with van der Waals surface area (Å²) in [5.74, 6) is 0.171. The molecule has 1 heterocycles. The van der Waals surface area contributed by atoms with E-state index in [1.807, 2.05) is 36.4 Å². The summed E-state index contributed by atoms with van der Waals surface area (Å²) < 4.78 is 0. The van der Waals surface area contributed by atoms with Crippen LogP contribution in [0.2, 0.25) is 0 Å². The normalized spacial score (nSPS) is 10.7. The van der Waals surface area contributed by atoms with Crippen LogP contribution in [0, 0.1) is 0 Å². The number of nitrogens with zero attached hydrogens (tertiary/aromatic N) is 2. The standard InChI is InChI=1S/C41H41N3O2S/c1-3-38(45)19-11-13-32-21-25-34(26-22-32)43(35-27-23-33(24-28-35)14-12-20-39(46)4-2)41-30-29-40(47-41)31-42-44(36-15-7-5-8-16-36)37-17-9-6-10-18-37/h3-10,15-18,21-30,42H,1-2,11-14,19-20,31H2. The molecule has 0 spiro atoms. The molecule has 47 heavy (non-hydrogen) atoms. The van der Waals surface area contributed by atoms with Crippen molar-refractivity contribution >= 4 is 50.7 Å². The number of hydrazine groups is 1. The molecule has 5 aromatic rings. The highest BCUT2D eigenvalue weighted by molar-refractivity contribution is 7.16. The van der Waals surface area contributed by atoms with E-state index in [2.05, 4.69) is 113 Å². The summed E-state index contributed by atoms with van der Waals surface area (Å²) in [5.41, 5.74) is 10.3. The summed E-state index contributed by atoms with van der Waals surface area (Å²) in [6.07, 6.45) is 7.13. The maximum atomic E-state index is 11.7. The molecule has 0 aliphatic carbocycles. The highest BCUT2D eigenvalue weighted by Crippen LogP contribution is 2.39. The summed E-state index contributed by atoms with van der Waals surface area (Å²) in [5, 5.41) is 3.24. The molecule has 0 atom stereocenters. The van der Waals surface area contributed by atoms with Crippen LogP contribution in [0.15, 0.2) is 147 Å². The van der Waals surface area contributed by atoms with E-state index in [4.69, 9.17) is 0 Å². The molecule has 238 valence electrons. The Balaban J connectivity index is 1.36. The van der Waals surface area contributed by atoms with Crippen LogP contribution in [0.5, 0.6) is 0 Å². The monoisotopic (exact) mass is 639 g/mol. The van der Waals surface area contributed by atoms with Crippen LogP contribution in [0.1, 0.15) is 41.7 Å². The molecular weight excluding hydrogens is 599 g/mol. The van der Waals surface area contributed by atoms with Crippen LogP contribution in [-0.2, 0) is 29.0 Å². The van der Waals surface area contributed by atoms with Gasteiger partial charge in [-0.25, -0.2) is 5.43 Å². The van der Waals surface area contributed by atoms with Crippen molar-refractivity contribution in [2.24, 2.45) is 0 Å². The van der Waals surface area contributed by atoms with E-state index in [1.165, 1.54) is 28.2 Å². The lowest BCUT2D eigenvalue weighted by atomic mass is 10.0. The summed E-state index contributed by atoms with van der Waals surface area (Å²) in [6, 6.07) is 42.2. The van der Waals surface area contributed by atoms with Gasteiger partial charge in [0.1, 0.15) is 5.00 Å². The summed E-state index contributed by atoms with van der Waals surface area (Å²) in [4.78, 5) is 26.8. The van der Waals surface area contributed by atoms with Gasteiger partial charge in [-0.2, -0.15) is 0 Å². The van der Waals surface area contributed by atoms with E-state index < -0.39 is 0 Å². The number of para-hydroxylation sites is 2. The maximum absolute atomic E-state index is 11.7. The van der Waals surface area contributed by atoms with Crippen LogP contribution < -0.4 is 15.3 Å². The van der Waals surface area contributed by atoms with Crippen molar-refractivity contribution in [3.63, 3.8) is 0 Å². The van der Waals surface area contributed by atoms with Gasteiger partial charge in [-0.15, -0.1) is 11.3 Å². The number of hydrogen-bond donors (Lipinski definition) is 1. The molecule has 0 aliphatic rings. The first kappa shape index (κ1) is 33.3. The Bertz CT molecular complexity index is 1640. The summed E-state index contributed by atoms with van der Waals surface area (Å²) in [6.45, 7) is 7.81. The third-order valence-electron chi connectivity index (χ3n) is 7.93. The Morgan fingerprint density at radius 3 is 1.51 bits per heavy atom. The zero-order valence-corrected chi connectivity index (χ0v) is 27.5. The minimum atomic E-state index is 0.0854. The third-order valence-corrected chi connectivity index (χ3v) is 9.00. The fourth-order valence-electron chi connectivity index (χ4n) is 5.39. The number of rotatable bonds is 18. The predicted octanol–water partition coefficient (Wildman–Crippen LogP) is 10.2. The topological polar surface area (TPSA) is 52.7 Å². The highest BCUT2D eigenvalue weighted by atomic mass is 32.1. The zero-order valence-electron chi connectivity index (χ0n) is 26.7. The average Bonchev–Trinajstić information content (AvgIpc) is 3.58. The zero-order chi connectivity index (χ0) is 32.8. The van der Waals surface area contributed by atoms with Crippen molar-refractivity contribution in [1.29, 1.82) is 0 Å². The van der Waals surface area contributed by atoms with Crippen molar-refractivity contribution < 1.29 is 9.59 Å². The number of anilines is 5. The van der Waals surface area contributed by atoms with Gasteiger partial charge < -0.3 is 4.90 Å². The molecule has 0 aliphatic heterocycles. The molecule has 1 N–H and O–H groups in total. The number of hydrogen-bond acceptors (Lipinski definition) is 6. The summed E-state index contributed by atoms with van der Waals surface area (Å²) >= 11 is 1.75. The Labute approximate surface area is 282 Å². The molecule has 6 heteroatoms. The number of ketones is 2. The van der Waals surface area contributed by atoms with E-state index >= 15 is 0 Å². The first-order valence-corrected chi connectivity index (χ1v) is 16.9. The van der Waals surface area contributed by atoms with Gasteiger partial charge in [0.15, 0.2) is 11.6 Å². The lowest BCUT2D eigenvalue weighted by Gasteiger charge is -2.26. The van der Waals surface area contributed by atoms with Crippen LogP contribution in [0.3, 0.4) is 0 Å². The number of benzene rings is 4. The number of aryl methyl sites for hydroxylation is 2. The quantitative estimate of drug-likeness (QED) is 0.0764. The second-order valence-electron chi connectivity index (χ2n) is 11.3. The molecule has 5 nitrogen and oxygen atoms in total. The Hall–Kier alpha value is -5.04. The van der Waals surface area contributed by atoms with Crippen molar-refractivity contribution in [1.82, 2.24) is 5.43 Å². The molecule has 1 aromatic heterocycles. The van der Waals surface area contributed by atoms with E-state index in [0.717, 1.165) is 53.4 Å². The Morgan fingerprint density at radius 1 is 0.596 bits per heavy atom. The van der Waals surface area contributed by atoms with Crippen molar-refractivity contribution in [3.8, 4) is 0 Å². The van der Waals surface area contributed by atoms with Gasteiger partial charge in [-0.3, -0.25) is 14.6 Å². The van der Waals surface area contributed by atoms with Crippen molar-refractivity contribution in [2.45, 2.75) is 45.1 Å². The average molecular weight is 640 g/mol. The minimum absolute atomic E-state index is 0.0854. The van der Waals surface area contributed by atoms with Gasteiger partial charge in [0, 0.05) is 35.6 Å². The minimum Gasteiger partial charge on any atom is -0.302 e. The molecule has 5 rings (SSSR count). The Morgan fingerprint density at radius 2 is 1.06 bits per heavy atom. The number of allylic oxidation sites excluding steroid dienone is 2. The SMILES string of the molecule is C=CC(=O)CCCc1ccc(N(c2ccc(CCCC(=O)C=C)cc2)c2ccc(CNN(c3ccccc3)c3ccccc3)s2)cc1. The second-order valence-corrected chi connectivity index (χ2v) is 12.4. The van der Waals surface area contributed by atoms with Gasteiger partial charge in [0.05, 0.1) is 11.4 Å². The lowest BCUT2D eigenvalue weighted by Crippen LogP contribution is -2.32. The number of thiophene rings is 1. The Kier molecular flexibility index (Phi) is 12.1. The van der Waals surface area contributed by atoms with Crippen molar-refractivity contribution in [3.05, 3.63) is 163 Å². The molecular formula is C41H41N3O2S. The first-order valence-electron chi connectivity index (χ1n) is 16.0. The molecule has 0 saturated heterocycles. The fraction of sp³-hybridized carbons (Fsp3) is 0.171. The molecule has 0 bridgehead atoms. The number of carbonyl (C=O) groups excluding carboxylic acids is 2. The van der Waals surface area contributed by atoms with Gasteiger partial charge in [-0.05, 0) is 110 Å². The van der Waals surface area contributed by atoms with E-state index in [-0.39, 0.29) is 11.6 Å². The third kappa shape index (κ3) is 9.49. The number of nitrogens with one attached hydrogen (secondary N) is 1. The molecule has 0 radical (unpaired) electrons. The molecule has 0 saturated carbocycles. The highest BCUT2D eigenvalue weighted by Gasteiger charge is 2.16. The number of carbonyl (C=O) groups is 2. The van der Waals surface area contributed by atoms with Gasteiger partial charge in [-0.1, -0.05) is 73.8 Å². The van der Waals surface area contributed by atoms with Gasteiger partial charge in [0.2, 0.25) is 0 Å². The van der Waals surface area contributed by atoms with E-state index in [0.29, 0.717) is 19.4 Å². The van der Waals surface area contributed by atoms with Crippen LogP contribution in [-0.4, -0.2) is 11.6 Å².